The van der Waals surface area contributed by atoms with Crippen molar-refractivity contribution in [1.29, 1.82) is 5.26 Å². The van der Waals surface area contributed by atoms with Crippen LogP contribution < -0.4 is 5.32 Å². The van der Waals surface area contributed by atoms with Crippen molar-refractivity contribution in [3.8, 4) is 6.07 Å². The largest absolute Gasteiger partial charge is 0.305 e. The van der Waals surface area contributed by atoms with Gasteiger partial charge in [-0.2, -0.15) is 5.26 Å². The van der Waals surface area contributed by atoms with E-state index in [4.69, 9.17) is 5.26 Å². The summed E-state index contributed by atoms with van der Waals surface area (Å²) in [6, 6.07) is 10.2. The van der Waals surface area contributed by atoms with Gasteiger partial charge in [0.15, 0.2) is 0 Å². The fraction of sp³-hybridized carbons (Fsp3) is 0.500. The highest BCUT2D eigenvalue weighted by atomic mass is 15.0. The summed E-state index contributed by atoms with van der Waals surface area (Å²) in [4.78, 5) is 0. The predicted molar refractivity (Wildman–Crippen MR) is 67.1 cm³/mol. The second-order valence-corrected chi connectivity index (χ2v) is 4.84. The monoisotopic (exact) mass is 216 g/mol. The quantitative estimate of drug-likeness (QED) is 0.837. The van der Waals surface area contributed by atoms with Crippen molar-refractivity contribution in [2.75, 3.05) is 0 Å². The van der Waals surface area contributed by atoms with Crippen molar-refractivity contribution in [2.24, 2.45) is 0 Å². The summed E-state index contributed by atoms with van der Waals surface area (Å²) in [6.45, 7) is 8.73. The highest BCUT2D eigenvalue weighted by molar-refractivity contribution is 5.32. The lowest BCUT2D eigenvalue weighted by molar-refractivity contribution is 0.337. The summed E-state index contributed by atoms with van der Waals surface area (Å²) in [5, 5.41) is 12.3. The number of hydrogen-bond donors (Lipinski definition) is 1. The highest BCUT2D eigenvalue weighted by Gasteiger charge is 2.18. The second kappa shape index (κ2) is 5.14. The molecule has 0 amide bonds. The van der Waals surface area contributed by atoms with E-state index in [9.17, 15) is 0 Å². The Kier molecular flexibility index (Phi) is 4.09. The number of hydrogen-bond acceptors (Lipinski definition) is 2. The van der Waals surface area contributed by atoms with E-state index in [1.807, 2.05) is 24.3 Å². The van der Waals surface area contributed by atoms with Crippen LogP contribution in [0.3, 0.4) is 0 Å². The maximum absolute atomic E-state index is 8.73. The van der Waals surface area contributed by atoms with E-state index in [1.54, 1.807) is 0 Å². The fourth-order valence-electron chi connectivity index (χ4n) is 1.62. The Balaban J connectivity index is 2.74. The molecule has 0 aliphatic heterocycles. The smallest absolute Gasteiger partial charge is 0.0991 e. The number of nitriles is 1. The van der Waals surface area contributed by atoms with Crippen molar-refractivity contribution >= 4 is 0 Å². The Labute approximate surface area is 98.3 Å². The zero-order chi connectivity index (χ0) is 12.2. The first-order valence-corrected chi connectivity index (χ1v) is 5.76. The molecule has 0 bridgehead atoms. The first-order chi connectivity index (χ1) is 7.48. The molecule has 1 aromatic rings. The van der Waals surface area contributed by atoms with Crippen LogP contribution in [0.5, 0.6) is 0 Å². The van der Waals surface area contributed by atoms with Crippen molar-refractivity contribution < 1.29 is 0 Å². The third-order valence-electron chi connectivity index (χ3n) is 3.03. The molecule has 1 unspecified atom stereocenters. The first kappa shape index (κ1) is 12.7. The van der Waals surface area contributed by atoms with Crippen LogP contribution in [0.15, 0.2) is 24.3 Å². The Hall–Kier alpha value is -1.33. The Morgan fingerprint density at radius 3 is 2.31 bits per heavy atom. The minimum absolute atomic E-state index is 0.146. The van der Waals surface area contributed by atoms with Gasteiger partial charge in [-0.25, -0.2) is 0 Å². The van der Waals surface area contributed by atoms with Gasteiger partial charge >= 0.3 is 0 Å². The summed E-state index contributed by atoms with van der Waals surface area (Å²) < 4.78 is 0. The SMILES string of the molecule is CCC(C)(C)NC(C)c1ccc(C#N)cc1. The number of nitrogens with one attached hydrogen (secondary N) is 1. The molecule has 2 nitrogen and oxygen atoms in total. The fourth-order valence-corrected chi connectivity index (χ4v) is 1.62. The van der Waals surface area contributed by atoms with Gasteiger partial charge in [0.2, 0.25) is 0 Å². The van der Waals surface area contributed by atoms with E-state index in [-0.39, 0.29) is 5.54 Å². The predicted octanol–water partition coefficient (Wildman–Crippen LogP) is 3.40. The molecule has 1 aromatic carbocycles. The maximum Gasteiger partial charge on any atom is 0.0991 e. The van der Waals surface area contributed by atoms with Crippen molar-refractivity contribution in [2.45, 2.75) is 45.7 Å². The lowest BCUT2D eigenvalue weighted by Crippen LogP contribution is -2.40. The Morgan fingerprint density at radius 2 is 1.88 bits per heavy atom. The molecule has 2 heteroatoms. The van der Waals surface area contributed by atoms with Crippen LogP contribution in [0, 0.1) is 11.3 Å². The van der Waals surface area contributed by atoms with E-state index in [1.165, 1.54) is 5.56 Å². The van der Waals surface area contributed by atoms with Crippen LogP contribution in [0.25, 0.3) is 0 Å². The van der Waals surface area contributed by atoms with Crippen LogP contribution >= 0.6 is 0 Å². The van der Waals surface area contributed by atoms with E-state index in [0.717, 1.165) is 6.42 Å². The van der Waals surface area contributed by atoms with E-state index >= 15 is 0 Å². The van der Waals surface area contributed by atoms with E-state index in [0.29, 0.717) is 11.6 Å². The molecule has 16 heavy (non-hydrogen) atoms. The summed E-state index contributed by atoms with van der Waals surface area (Å²) in [6.07, 6.45) is 1.09. The molecule has 1 atom stereocenters. The molecule has 1 N–H and O–H groups in total. The highest BCUT2D eigenvalue weighted by Crippen LogP contribution is 2.18. The van der Waals surface area contributed by atoms with Crippen LogP contribution in [-0.2, 0) is 0 Å². The third kappa shape index (κ3) is 3.36. The molecule has 0 saturated heterocycles. The topological polar surface area (TPSA) is 35.8 Å². The lowest BCUT2D eigenvalue weighted by Gasteiger charge is -2.29. The van der Waals surface area contributed by atoms with Crippen molar-refractivity contribution in [3.63, 3.8) is 0 Å². The average Bonchev–Trinajstić information content (AvgIpc) is 2.28. The van der Waals surface area contributed by atoms with Gasteiger partial charge < -0.3 is 5.32 Å². The summed E-state index contributed by atoms with van der Waals surface area (Å²) >= 11 is 0. The van der Waals surface area contributed by atoms with Crippen LogP contribution in [0.4, 0.5) is 0 Å². The molecule has 0 radical (unpaired) electrons. The number of benzene rings is 1. The minimum atomic E-state index is 0.146. The first-order valence-electron chi connectivity index (χ1n) is 5.76. The minimum Gasteiger partial charge on any atom is -0.305 e. The molecule has 0 saturated carbocycles. The lowest BCUT2D eigenvalue weighted by atomic mass is 9.98. The number of rotatable bonds is 4. The summed E-state index contributed by atoms with van der Waals surface area (Å²) in [7, 11) is 0. The molecular weight excluding hydrogens is 196 g/mol. The maximum atomic E-state index is 8.73. The van der Waals surface area contributed by atoms with Crippen LogP contribution in [0.1, 0.15) is 51.3 Å². The summed E-state index contributed by atoms with van der Waals surface area (Å²) in [5.41, 5.74) is 2.08. The Morgan fingerprint density at radius 1 is 1.31 bits per heavy atom. The van der Waals surface area contributed by atoms with Gasteiger partial charge in [-0.05, 0) is 44.9 Å². The van der Waals surface area contributed by atoms with Crippen LogP contribution in [-0.4, -0.2) is 5.54 Å². The van der Waals surface area contributed by atoms with Gasteiger partial charge in [-0.3, -0.25) is 0 Å². The number of nitrogens with zero attached hydrogens (tertiary/aromatic N) is 1. The van der Waals surface area contributed by atoms with Gasteiger partial charge in [0.05, 0.1) is 11.6 Å². The molecule has 0 aliphatic rings. The Bertz CT molecular complexity index is 371. The normalized spacial score (nSPS) is 13.2. The van der Waals surface area contributed by atoms with Gasteiger partial charge in [0.25, 0.3) is 0 Å². The van der Waals surface area contributed by atoms with Crippen LogP contribution in [0.2, 0.25) is 0 Å². The standard InChI is InChI=1S/C14H20N2/c1-5-14(3,4)16-11(2)13-8-6-12(10-15)7-9-13/h6-9,11,16H,5H2,1-4H3. The molecule has 0 spiro atoms. The zero-order valence-electron chi connectivity index (χ0n) is 10.5. The van der Waals surface area contributed by atoms with Gasteiger partial charge in [-0.15, -0.1) is 0 Å². The second-order valence-electron chi connectivity index (χ2n) is 4.84. The molecule has 86 valence electrons. The molecule has 0 fully saturated rings. The van der Waals surface area contributed by atoms with Crippen molar-refractivity contribution in [1.82, 2.24) is 5.32 Å². The average molecular weight is 216 g/mol. The van der Waals surface area contributed by atoms with Gasteiger partial charge in [-0.1, -0.05) is 19.1 Å². The molecule has 0 aromatic heterocycles. The zero-order valence-corrected chi connectivity index (χ0v) is 10.5. The molecule has 0 heterocycles. The van der Waals surface area contributed by atoms with E-state index in [2.05, 4.69) is 39.1 Å². The molecular formula is C14H20N2. The molecule has 0 aliphatic carbocycles. The molecule has 1 rings (SSSR count). The van der Waals surface area contributed by atoms with Crippen molar-refractivity contribution in [3.05, 3.63) is 35.4 Å². The summed E-state index contributed by atoms with van der Waals surface area (Å²) in [5.74, 6) is 0. The third-order valence-corrected chi connectivity index (χ3v) is 3.03. The van der Waals surface area contributed by atoms with Gasteiger partial charge in [0.1, 0.15) is 0 Å². The van der Waals surface area contributed by atoms with E-state index < -0.39 is 0 Å². The van der Waals surface area contributed by atoms with Gasteiger partial charge in [0, 0.05) is 11.6 Å².